The molecule has 0 saturated heterocycles. The summed E-state index contributed by atoms with van der Waals surface area (Å²) < 4.78 is 4.39. The van der Waals surface area contributed by atoms with Crippen LogP contribution < -0.4 is 5.32 Å². The standard InChI is InChI=1S/C9H19NO3/c1-9(2,3)7(11)5-6-10-8(12)13-4/h7,11H,5-6H2,1-4H3,(H,10,12)/t7-/m0/s1. The van der Waals surface area contributed by atoms with E-state index in [1.54, 1.807) is 0 Å². The Bertz CT molecular complexity index is 163. The van der Waals surface area contributed by atoms with Crippen LogP contribution in [0, 0.1) is 5.41 Å². The summed E-state index contributed by atoms with van der Waals surface area (Å²) in [4.78, 5) is 10.6. The molecule has 0 saturated carbocycles. The van der Waals surface area contributed by atoms with Crippen molar-refractivity contribution in [3.63, 3.8) is 0 Å². The van der Waals surface area contributed by atoms with E-state index in [2.05, 4.69) is 10.1 Å². The van der Waals surface area contributed by atoms with Crippen LogP contribution in [0.15, 0.2) is 0 Å². The summed E-state index contributed by atoms with van der Waals surface area (Å²) in [5.74, 6) is 0. The van der Waals surface area contributed by atoms with Crippen molar-refractivity contribution in [2.45, 2.75) is 33.3 Å². The second-order valence-electron chi connectivity index (χ2n) is 4.09. The van der Waals surface area contributed by atoms with Crippen molar-refractivity contribution >= 4 is 6.09 Å². The van der Waals surface area contributed by atoms with E-state index in [-0.39, 0.29) is 5.41 Å². The van der Waals surface area contributed by atoms with Crippen molar-refractivity contribution < 1.29 is 14.6 Å². The van der Waals surface area contributed by atoms with Gasteiger partial charge >= 0.3 is 6.09 Å². The molecule has 0 aromatic carbocycles. The Balaban J connectivity index is 3.60. The molecule has 1 amide bonds. The van der Waals surface area contributed by atoms with Gasteiger partial charge < -0.3 is 15.2 Å². The van der Waals surface area contributed by atoms with Crippen LogP contribution in [0.3, 0.4) is 0 Å². The average molecular weight is 189 g/mol. The topological polar surface area (TPSA) is 58.6 Å². The summed E-state index contributed by atoms with van der Waals surface area (Å²) in [6.45, 7) is 6.30. The molecule has 0 spiro atoms. The zero-order chi connectivity index (χ0) is 10.5. The lowest BCUT2D eigenvalue weighted by Gasteiger charge is -2.25. The molecule has 0 unspecified atom stereocenters. The number of alkyl carbamates (subject to hydrolysis) is 1. The van der Waals surface area contributed by atoms with Crippen LogP contribution in [0.2, 0.25) is 0 Å². The minimum atomic E-state index is -0.457. The first-order valence-corrected chi connectivity index (χ1v) is 4.38. The Labute approximate surface area is 79.3 Å². The number of methoxy groups -OCH3 is 1. The van der Waals surface area contributed by atoms with Gasteiger partial charge in [-0.05, 0) is 11.8 Å². The van der Waals surface area contributed by atoms with Gasteiger partial charge in [-0.3, -0.25) is 0 Å². The van der Waals surface area contributed by atoms with Gasteiger partial charge in [-0.15, -0.1) is 0 Å². The Kier molecular flexibility index (Phi) is 4.77. The van der Waals surface area contributed by atoms with Crippen molar-refractivity contribution in [1.29, 1.82) is 0 Å². The van der Waals surface area contributed by atoms with E-state index >= 15 is 0 Å². The second-order valence-corrected chi connectivity index (χ2v) is 4.09. The highest BCUT2D eigenvalue weighted by atomic mass is 16.5. The summed E-state index contributed by atoms with van der Waals surface area (Å²) in [5.41, 5.74) is -0.141. The first-order valence-electron chi connectivity index (χ1n) is 4.38. The molecule has 0 fully saturated rings. The van der Waals surface area contributed by atoms with Crippen molar-refractivity contribution in [1.82, 2.24) is 5.32 Å². The molecule has 0 aliphatic heterocycles. The van der Waals surface area contributed by atoms with Crippen LogP contribution >= 0.6 is 0 Å². The van der Waals surface area contributed by atoms with Gasteiger partial charge in [0.25, 0.3) is 0 Å². The maximum Gasteiger partial charge on any atom is 0.406 e. The van der Waals surface area contributed by atoms with Crippen LogP contribution in [0.1, 0.15) is 27.2 Å². The Hall–Kier alpha value is -0.770. The van der Waals surface area contributed by atoms with Crippen molar-refractivity contribution in [3.8, 4) is 0 Å². The lowest BCUT2D eigenvalue weighted by molar-refractivity contribution is 0.0557. The second kappa shape index (κ2) is 5.07. The van der Waals surface area contributed by atoms with Gasteiger partial charge in [0.15, 0.2) is 0 Å². The maximum atomic E-state index is 10.6. The Morgan fingerprint density at radius 2 is 2.08 bits per heavy atom. The fourth-order valence-corrected chi connectivity index (χ4v) is 0.816. The highest BCUT2D eigenvalue weighted by Gasteiger charge is 2.21. The number of nitrogens with one attached hydrogen (secondary N) is 1. The molecule has 0 heterocycles. The molecule has 1 atom stereocenters. The van der Waals surface area contributed by atoms with Crippen LogP contribution in [-0.4, -0.2) is 31.0 Å². The summed E-state index contributed by atoms with van der Waals surface area (Å²) in [6.07, 6.45) is -0.329. The molecule has 0 aromatic heterocycles. The monoisotopic (exact) mass is 189 g/mol. The summed E-state index contributed by atoms with van der Waals surface area (Å²) in [6, 6.07) is 0. The summed E-state index contributed by atoms with van der Waals surface area (Å²) >= 11 is 0. The molecular formula is C9H19NO3. The molecule has 4 nitrogen and oxygen atoms in total. The van der Waals surface area contributed by atoms with E-state index in [4.69, 9.17) is 0 Å². The van der Waals surface area contributed by atoms with Gasteiger partial charge in [-0.1, -0.05) is 20.8 Å². The Morgan fingerprint density at radius 3 is 2.46 bits per heavy atom. The van der Waals surface area contributed by atoms with E-state index in [0.29, 0.717) is 13.0 Å². The van der Waals surface area contributed by atoms with Gasteiger partial charge in [-0.2, -0.15) is 0 Å². The van der Waals surface area contributed by atoms with Crippen LogP contribution in [0.5, 0.6) is 0 Å². The Morgan fingerprint density at radius 1 is 1.54 bits per heavy atom. The highest BCUT2D eigenvalue weighted by molar-refractivity contribution is 5.66. The molecule has 0 aromatic rings. The number of rotatable bonds is 3. The third-order valence-corrected chi connectivity index (χ3v) is 1.87. The molecule has 0 rings (SSSR count). The first-order chi connectivity index (χ1) is 5.88. The average Bonchev–Trinajstić information content (AvgIpc) is 2.02. The van der Waals surface area contributed by atoms with Gasteiger partial charge in [0.05, 0.1) is 13.2 Å². The van der Waals surface area contributed by atoms with Crippen LogP contribution in [0.25, 0.3) is 0 Å². The number of aliphatic hydroxyl groups excluding tert-OH is 1. The smallest absolute Gasteiger partial charge is 0.406 e. The van der Waals surface area contributed by atoms with Gasteiger partial charge in [-0.25, -0.2) is 4.79 Å². The fraction of sp³-hybridized carbons (Fsp3) is 0.889. The van der Waals surface area contributed by atoms with E-state index in [0.717, 1.165) is 0 Å². The van der Waals surface area contributed by atoms with Crippen LogP contribution in [0.4, 0.5) is 4.79 Å². The number of carbonyl (C=O) groups is 1. The minimum absolute atomic E-state index is 0.141. The summed E-state index contributed by atoms with van der Waals surface area (Å²) in [7, 11) is 1.32. The molecular weight excluding hydrogens is 170 g/mol. The normalized spacial score (nSPS) is 13.6. The van der Waals surface area contributed by atoms with Crippen molar-refractivity contribution in [3.05, 3.63) is 0 Å². The molecule has 0 aliphatic carbocycles. The number of ether oxygens (including phenoxy) is 1. The van der Waals surface area contributed by atoms with Crippen molar-refractivity contribution in [2.24, 2.45) is 5.41 Å². The van der Waals surface area contributed by atoms with Gasteiger partial charge in [0.1, 0.15) is 0 Å². The largest absolute Gasteiger partial charge is 0.453 e. The third-order valence-electron chi connectivity index (χ3n) is 1.87. The zero-order valence-corrected chi connectivity index (χ0v) is 8.76. The van der Waals surface area contributed by atoms with Gasteiger partial charge in [0.2, 0.25) is 0 Å². The highest BCUT2D eigenvalue weighted by Crippen LogP contribution is 2.20. The van der Waals surface area contributed by atoms with Crippen molar-refractivity contribution in [2.75, 3.05) is 13.7 Å². The SMILES string of the molecule is COC(=O)NCC[C@H](O)C(C)(C)C. The number of carbonyl (C=O) groups excluding carboxylic acids is 1. The molecule has 78 valence electrons. The summed E-state index contributed by atoms with van der Waals surface area (Å²) in [5, 5.41) is 12.1. The van der Waals surface area contributed by atoms with E-state index in [1.165, 1.54) is 7.11 Å². The number of amides is 1. The molecule has 0 bridgehead atoms. The predicted octanol–water partition coefficient (Wildman–Crippen LogP) is 1.14. The molecule has 0 aliphatic rings. The first kappa shape index (κ1) is 12.2. The quantitative estimate of drug-likeness (QED) is 0.700. The zero-order valence-electron chi connectivity index (χ0n) is 8.76. The predicted molar refractivity (Wildman–Crippen MR) is 50.5 cm³/mol. The molecule has 2 N–H and O–H groups in total. The lowest BCUT2D eigenvalue weighted by Crippen LogP contribution is -2.32. The fourth-order valence-electron chi connectivity index (χ4n) is 0.816. The lowest BCUT2D eigenvalue weighted by atomic mass is 9.87. The number of aliphatic hydroxyl groups is 1. The number of hydrogen-bond donors (Lipinski definition) is 2. The van der Waals surface area contributed by atoms with E-state index in [9.17, 15) is 9.90 Å². The van der Waals surface area contributed by atoms with E-state index < -0.39 is 12.2 Å². The number of hydrogen-bond acceptors (Lipinski definition) is 3. The minimum Gasteiger partial charge on any atom is -0.453 e. The molecule has 4 heteroatoms. The molecule has 13 heavy (non-hydrogen) atoms. The van der Waals surface area contributed by atoms with Gasteiger partial charge in [0, 0.05) is 6.54 Å². The maximum absolute atomic E-state index is 10.6. The molecule has 0 radical (unpaired) electrons. The van der Waals surface area contributed by atoms with E-state index in [1.807, 2.05) is 20.8 Å². The third kappa shape index (κ3) is 5.47. The van der Waals surface area contributed by atoms with Crippen LogP contribution in [-0.2, 0) is 4.74 Å².